The third-order valence-corrected chi connectivity index (χ3v) is 4.22. The largest absolute Gasteiger partial charge is 0.505 e. The van der Waals surface area contributed by atoms with E-state index in [4.69, 9.17) is 0 Å². The first-order valence-electron chi connectivity index (χ1n) is 7.18. The summed E-state index contributed by atoms with van der Waals surface area (Å²) >= 11 is 0. The molecule has 1 saturated heterocycles. The molecule has 2 fully saturated rings. The molecule has 2 aliphatic rings. The van der Waals surface area contributed by atoms with Gasteiger partial charge in [0.2, 0.25) is 0 Å². The monoisotopic (exact) mass is 336 g/mol. The summed E-state index contributed by atoms with van der Waals surface area (Å²) in [6.07, 6.45) is 3.59. The second-order valence-corrected chi connectivity index (χ2v) is 5.66. The van der Waals surface area contributed by atoms with Crippen LogP contribution >= 0.6 is 24.8 Å². The van der Waals surface area contributed by atoms with Crippen LogP contribution in [0.15, 0.2) is 18.2 Å². The third kappa shape index (κ3) is 4.46. The fourth-order valence-corrected chi connectivity index (χ4v) is 2.94. The number of hydrogen-bond donors (Lipinski definition) is 2. The van der Waals surface area contributed by atoms with Gasteiger partial charge in [0.25, 0.3) is 0 Å². The number of phenolic OH excluding ortho intramolecular Hbond substituents is 1. The fraction of sp³-hybridized carbons (Fsp3) is 0.600. The normalized spacial score (nSPS) is 20.2. The van der Waals surface area contributed by atoms with Gasteiger partial charge in [-0.2, -0.15) is 0 Å². The van der Waals surface area contributed by atoms with E-state index in [0.717, 1.165) is 44.1 Å². The van der Waals surface area contributed by atoms with Gasteiger partial charge in [0.1, 0.15) is 0 Å². The van der Waals surface area contributed by atoms with E-state index in [9.17, 15) is 9.50 Å². The summed E-state index contributed by atoms with van der Waals surface area (Å²) < 4.78 is 13.6. The van der Waals surface area contributed by atoms with Crippen molar-refractivity contribution in [3.8, 4) is 5.75 Å². The van der Waals surface area contributed by atoms with Crippen molar-refractivity contribution >= 4 is 24.8 Å². The van der Waals surface area contributed by atoms with E-state index < -0.39 is 5.82 Å². The van der Waals surface area contributed by atoms with Crippen molar-refractivity contribution in [1.29, 1.82) is 0 Å². The molecule has 120 valence electrons. The Bertz CT molecular complexity index is 451. The summed E-state index contributed by atoms with van der Waals surface area (Å²) in [7, 11) is 0. The SMILES string of the molecule is Cl.Cl.Oc1c(F)cccc1[C@H](CC1CC1)N1CCNCC1. The lowest BCUT2D eigenvalue weighted by Crippen LogP contribution is -2.45. The van der Waals surface area contributed by atoms with E-state index >= 15 is 0 Å². The molecule has 1 heterocycles. The Morgan fingerprint density at radius 1 is 1.24 bits per heavy atom. The number of phenols is 1. The highest BCUT2D eigenvalue weighted by atomic mass is 35.5. The number of hydrogen-bond acceptors (Lipinski definition) is 3. The smallest absolute Gasteiger partial charge is 0.165 e. The minimum atomic E-state index is -0.506. The molecule has 0 aromatic heterocycles. The Morgan fingerprint density at radius 2 is 1.90 bits per heavy atom. The van der Waals surface area contributed by atoms with Crippen LogP contribution in [-0.2, 0) is 0 Å². The lowest BCUT2D eigenvalue weighted by atomic mass is 9.97. The second kappa shape index (κ2) is 8.18. The van der Waals surface area contributed by atoms with Crippen LogP contribution in [0.4, 0.5) is 4.39 Å². The van der Waals surface area contributed by atoms with Gasteiger partial charge in [0, 0.05) is 37.8 Å². The molecule has 1 aromatic rings. The third-order valence-electron chi connectivity index (χ3n) is 4.22. The van der Waals surface area contributed by atoms with Crippen LogP contribution in [0.3, 0.4) is 0 Å². The highest BCUT2D eigenvalue weighted by Gasteiger charge is 2.32. The van der Waals surface area contributed by atoms with Gasteiger partial charge < -0.3 is 10.4 Å². The Balaban J connectivity index is 0.00000110. The predicted molar refractivity (Wildman–Crippen MR) is 87.1 cm³/mol. The van der Waals surface area contributed by atoms with E-state index in [-0.39, 0.29) is 36.6 Å². The first-order valence-corrected chi connectivity index (χ1v) is 7.18. The maximum Gasteiger partial charge on any atom is 0.165 e. The molecule has 0 bridgehead atoms. The lowest BCUT2D eigenvalue weighted by Gasteiger charge is -2.35. The Kier molecular flexibility index (Phi) is 7.21. The number of piperazine rings is 1. The number of para-hydroxylation sites is 1. The quantitative estimate of drug-likeness (QED) is 0.886. The molecule has 1 aliphatic heterocycles. The van der Waals surface area contributed by atoms with Crippen molar-refractivity contribution in [1.82, 2.24) is 10.2 Å². The lowest BCUT2D eigenvalue weighted by molar-refractivity contribution is 0.157. The van der Waals surface area contributed by atoms with Crippen LogP contribution in [0, 0.1) is 11.7 Å². The molecule has 0 unspecified atom stereocenters. The summed E-state index contributed by atoms with van der Waals surface area (Å²) in [6.45, 7) is 3.87. The Hall–Kier alpha value is -0.550. The summed E-state index contributed by atoms with van der Waals surface area (Å²) in [5, 5.41) is 13.4. The molecule has 0 amide bonds. The highest BCUT2D eigenvalue weighted by Crippen LogP contribution is 2.42. The van der Waals surface area contributed by atoms with Crippen molar-refractivity contribution in [3.63, 3.8) is 0 Å². The minimum absolute atomic E-state index is 0. The molecule has 3 nitrogen and oxygen atoms in total. The standard InChI is InChI=1S/C15H21FN2O.2ClH/c16-13-3-1-2-12(15(13)19)14(10-11-4-5-11)18-8-6-17-7-9-18;;/h1-3,11,14,17,19H,4-10H2;2*1H/t14-;;/m0../s1. The van der Waals surface area contributed by atoms with Gasteiger partial charge in [-0.3, -0.25) is 4.90 Å². The highest BCUT2D eigenvalue weighted by molar-refractivity contribution is 5.85. The van der Waals surface area contributed by atoms with Crippen LogP contribution in [0.25, 0.3) is 0 Å². The summed E-state index contributed by atoms with van der Waals surface area (Å²) in [5.74, 6) is 0.0858. The van der Waals surface area contributed by atoms with Gasteiger partial charge in [0.05, 0.1) is 0 Å². The van der Waals surface area contributed by atoms with Gasteiger partial charge in [-0.15, -0.1) is 24.8 Å². The van der Waals surface area contributed by atoms with E-state index in [1.54, 1.807) is 6.07 Å². The molecule has 0 radical (unpaired) electrons. The average molecular weight is 337 g/mol. The van der Waals surface area contributed by atoms with Crippen LogP contribution < -0.4 is 5.32 Å². The summed E-state index contributed by atoms with van der Waals surface area (Å²) in [6, 6.07) is 5.05. The van der Waals surface area contributed by atoms with Gasteiger partial charge in [-0.05, 0) is 18.4 Å². The zero-order chi connectivity index (χ0) is 13.2. The molecule has 3 rings (SSSR count). The van der Waals surface area contributed by atoms with E-state index in [0.29, 0.717) is 0 Å². The summed E-state index contributed by atoms with van der Waals surface area (Å²) in [4.78, 5) is 2.38. The Morgan fingerprint density at radius 3 is 2.52 bits per heavy atom. The van der Waals surface area contributed by atoms with Gasteiger partial charge in [-0.25, -0.2) is 4.39 Å². The fourth-order valence-electron chi connectivity index (χ4n) is 2.94. The molecular weight excluding hydrogens is 314 g/mol. The van der Waals surface area contributed by atoms with Gasteiger partial charge in [0.15, 0.2) is 11.6 Å². The zero-order valence-corrected chi connectivity index (χ0v) is 13.6. The molecule has 1 aromatic carbocycles. The topological polar surface area (TPSA) is 35.5 Å². The van der Waals surface area contributed by atoms with Crippen molar-refractivity contribution in [2.75, 3.05) is 26.2 Å². The number of rotatable bonds is 4. The number of benzene rings is 1. The molecular formula is C15H23Cl2FN2O. The molecule has 2 N–H and O–H groups in total. The molecule has 1 aliphatic carbocycles. The first kappa shape index (κ1) is 18.5. The van der Waals surface area contributed by atoms with Crippen LogP contribution in [0.5, 0.6) is 5.75 Å². The van der Waals surface area contributed by atoms with Crippen LogP contribution in [0.1, 0.15) is 30.9 Å². The summed E-state index contributed by atoms with van der Waals surface area (Å²) in [5.41, 5.74) is 0.758. The average Bonchev–Trinajstić information content (AvgIpc) is 3.25. The molecule has 1 atom stereocenters. The molecule has 6 heteroatoms. The van der Waals surface area contributed by atoms with E-state index in [2.05, 4.69) is 10.2 Å². The van der Waals surface area contributed by atoms with E-state index in [1.807, 2.05) is 6.07 Å². The maximum atomic E-state index is 13.6. The number of nitrogens with zero attached hydrogens (tertiary/aromatic N) is 1. The number of halogens is 3. The number of nitrogens with one attached hydrogen (secondary N) is 1. The van der Waals surface area contributed by atoms with Crippen molar-refractivity contribution in [2.45, 2.75) is 25.3 Å². The number of aromatic hydroxyl groups is 1. The molecule has 21 heavy (non-hydrogen) atoms. The second-order valence-electron chi connectivity index (χ2n) is 5.66. The van der Waals surface area contributed by atoms with Crippen LogP contribution in [-0.4, -0.2) is 36.2 Å². The zero-order valence-electron chi connectivity index (χ0n) is 11.9. The first-order chi connectivity index (χ1) is 9.25. The van der Waals surface area contributed by atoms with Crippen molar-refractivity contribution < 1.29 is 9.50 Å². The van der Waals surface area contributed by atoms with Gasteiger partial charge in [-0.1, -0.05) is 25.0 Å². The van der Waals surface area contributed by atoms with Crippen LogP contribution in [0.2, 0.25) is 0 Å². The van der Waals surface area contributed by atoms with Crippen molar-refractivity contribution in [2.24, 2.45) is 5.92 Å². The molecule has 0 spiro atoms. The van der Waals surface area contributed by atoms with Gasteiger partial charge >= 0.3 is 0 Å². The maximum absolute atomic E-state index is 13.6. The minimum Gasteiger partial charge on any atom is -0.505 e. The van der Waals surface area contributed by atoms with E-state index in [1.165, 1.54) is 18.9 Å². The van der Waals surface area contributed by atoms with Crippen molar-refractivity contribution in [3.05, 3.63) is 29.6 Å². The molecule has 1 saturated carbocycles. The Labute approximate surface area is 137 Å². The predicted octanol–water partition coefficient (Wildman–Crippen LogP) is 3.12.